The maximum Gasteiger partial charge on any atom is 0.259 e. The third-order valence-electron chi connectivity index (χ3n) is 6.12. The topological polar surface area (TPSA) is 82.8 Å². The average Bonchev–Trinajstić information content (AvgIpc) is 3.20. The number of piperazine rings is 1. The van der Waals surface area contributed by atoms with Crippen molar-refractivity contribution in [2.45, 2.75) is 20.8 Å². The number of carbonyl (C=O) groups excluding carboxylic acids is 2. The highest BCUT2D eigenvalue weighted by atomic mass is 19.1. The third kappa shape index (κ3) is 4.73. The Morgan fingerprint density at radius 3 is 2.39 bits per heavy atom. The number of halogens is 1. The molecule has 2 aromatic heterocycles. The molecule has 2 amide bonds. The van der Waals surface area contributed by atoms with E-state index in [4.69, 9.17) is 4.52 Å². The third-order valence-corrected chi connectivity index (χ3v) is 6.12. The lowest BCUT2D eigenvalue weighted by Crippen LogP contribution is -2.51. The lowest BCUT2D eigenvalue weighted by atomic mass is 10.0. The normalized spacial score (nSPS) is 14.6. The summed E-state index contributed by atoms with van der Waals surface area (Å²) in [4.78, 5) is 36.1. The Kier molecular flexibility index (Phi) is 6.69. The van der Waals surface area contributed by atoms with Gasteiger partial charge in [0.15, 0.2) is 0 Å². The number of rotatable bonds is 6. The second kappa shape index (κ2) is 9.66. The summed E-state index contributed by atoms with van der Waals surface area (Å²) < 4.78 is 18.7. The van der Waals surface area contributed by atoms with E-state index < -0.39 is 0 Å². The van der Waals surface area contributed by atoms with Crippen molar-refractivity contribution < 1.29 is 18.5 Å². The van der Waals surface area contributed by atoms with Crippen LogP contribution < -0.4 is 0 Å². The zero-order valence-electron chi connectivity index (χ0n) is 19.2. The lowest BCUT2D eigenvalue weighted by Gasteiger charge is -2.35. The van der Waals surface area contributed by atoms with E-state index in [1.54, 1.807) is 30.0 Å². The summed E-state index contributed by atoms with van der Waals surface area (Å²) in [7, 11) is 0. The molecule has 0 atom stereocenters. The number of aryl methyl sites for hydroxylation is 1. The molecule has 0 spiro atoms. The van der Waals surface area contributed by atoms with Crippen LogP contribution in [0.1, 0.15) is 29.9 Å². The fourth-order valence-electron chi connectivity index (χ4n) is 4.18. The van der Waals surface area contributed by atoms with Gasteiger partial charge in [-0.2, -0.15) is 0 Å². The molecule has 1 aliphatic heterocycles. The molecule has 1 saturated heterocycles. The maximum atomic E-state index is 13.5. The molecule has 0 radical (unpaired) electrons. The predicted molar refractivity (Wildman–Crippen MR) is 122 cm³/mol. The summed E-state index contributed by atoms with van der Waals surface area (Å²) in [6.07, 6.45) is 0. The van der Waals surface area contributed by atoms with Crippen LogP contribution in [-0.4, -0.2) is 82.5 Å². The van der Waals surface area contributed by atoms with Crippen molar-refractivity contribution in [2.24, 2.45) is 0 Å². The molecule has 0 unspecified atom stereocenters. The fourth-order valence-corrected chi connectivity index (χ4v) is 4.18. The Bertz CT molecular complexity index is 1150. The quantitative estimate of drug-likeness (QED) is 0.571. The number of amides is 2. The number of likely N-dealkylation sites (N-methyl/N-ethyl adjacent to an activating group) is 1. The van der Waals surface area contributed by atoms with E-state index in [0.717, 1.165) is 0 Å². The minimum absolute atomic E-state index is 0.111. The first-order chi connectivity index (χ1) is 15.9. The summed E-state index contributed by atoms with van der Waals surface area (Å²) in [6, 6.07) is 7.66. The molecule has 1 aromatic carbocycles. The molecule has 0 bridgehead atoms. The predicted octanol–water partition coefficient (Wildman–Crippen LogP) is 2.96. The molecule has 4 rings (SSSR count). The SMILES string of the molecule is CCN(CC)C(=O)CN1CCN(C(=O)c2cc(-c3ccc(F)cc3)nc3onc(C)c23)CC1. The average molecular weight is 454 g/mol. The van der Waals surface area contributed by atoms with E-state index in [-0.39, 0.29) is 23.3 Å². The first-order valence-corrected chi connectivity index (χ1v) is 11.2. The van der Waals surface area contributed by atoms with Crippen LogP contribution in [0.5, 0.6) is 0 Å². The second-order valence-corrected chi connectivity index (χ2v) is 8.14. The van der Waals surface area contributed by atoms with Crippen molar-refractivity contribution in [3.05, 3.63) is 47.4 Å². The highest BCUT2D eigenvalue weighted by Gasteiger charge is 2.27. The molecule has 9 heteroatoms. The number of pyridine rings is 1. The van der Waals surface area contributed by atoms with Crippen molar-refractivity contribution >= 4 is 22.9 Å². The fraction of sp³-hybridized carbons (Fsp3) is 0.417. The second-order valence-electron chi connectivity index (χ2n) is 8.14. The summed E-state index contributed by atoms with van der Waals surface area (Å²) in [5, 5.41) is 4.58. The van der Waals surface area contributed by atoms with Crippen molar-refractivity contribution in [1.82, 2.24) is 24.8 Å². The number of aromatic nitrogens is 2. The van der Waals surface area contributed by atoms with Gasteiger partial charge in [0.05, 0.1) is 28.9 Å². The molecular formula is C24H28FN5O3. The number of hydrogen-bond donors (Lipinski definition) is 0. The van der Waals surface area contributed by atoms with Crippen LogP contribution in [0.2, 0.25) is 0 Å². The zero-order chi connectivity index (χ0) is 23.5. The van der Waals surface area contributed by atoms with E-state index in [0.29, 0.717) is 73.7 Å². The highest BCUT2D eigenvalue weighted by molar-refractivity contribution is 6.07. The van der Waals surface area contributed by atoms with Gasteiger partial charge in [0.2, 0.25) is 5.91 Å². The Hall–Kier alpha value is -3.33. The molecule has 33 heavy (non-hydrogen) atoms. The standard InChI is InChI=1S/C24H28FN5O3/c1-4-29(5-2)21(31)15-28-10-12-30(13-11-28)24(32)19-14-20(17-6-8-18(25)9-7-17)26-23-22(19)16(3)27-33-23/h6-9,14H,4-5,10-13,15H2,1-3H3. The first-order valence-electron chi connectivity index (χ1n) is 11.2. The molecule has 1 aliphatic rings. The molecule has 1 fully saturated rings. The van der Waals surface area contributed by atoms with Gasteiger partial charge in [-0.25, -0.2) is 9.37 Å². The van der Waals surface area contributed by atoms with Gasteiger partial charge in [-0.15, -0.1) is 0 Å². The van der Waals surface area contributed by atoms with Crippen molar-refractivity contribution in [2.75, 3.05) is 45.8 Å². The summed E-state index contributed by atoms with van der Waals surface area (Å²) in [6.45, 7) is 9.76. The molecule has 0 N–H and O–H groups in total. The Labute approximate surface area is 191 Å². The number of fused-ring (bicyclic) bond motifs is 1. The smallest absolute Gasteiger partial charge is 0.259 e. The Balaban J connectivity index is 1.54. The van der Waals surface area contributed by atoms with Crippen LogP contribution in [0.25, 0.3) is 22.4 Å². The summed E-state index contributed by atoms with van der Waals surface area (Å²) >= 11 is 0. The van der Waals surface area contributed by atoms with E-state index >= 15 is 0 Å². The van der Waals surface area contributed by atoms with Gasteiger partial charge >= 0.3 is 0 Å². The van der Waals surface area contributed by atoms with E-state index in [9.17, 15) is 14.0 Å². The van der Waals surface area contributed by atoms with Crippen LogP contribution in [0.15, 0.2) is 34.9 Å². The van der Waals surface area contributed by atoms with E-state index in [1.807, 2.05) is 18.7 Å². The molecule has 174 valence electrons. The van der Waals surface area contributed by atoms with Crippen LogP contribution in [-0.2, 0) is 4.79 Å². The monoisotopic (exact) mass is 453 g/mol. The van der Waals surface area contributed by atoms with E-state index in [2.05, 4.69) is 15.0 Å². The van der Waals surface area contributed by atoms with Gasteiger partial charge in [-0.05, 0) is 51.1 Å². The van der Waals surface area contributed by atoms with Crippen molar-refractivity contribution in [3.63, 3.8) is 0 Å². The molecule has 0 saturated carbocycles. The van der Waals surface area contributed by atoms with Gasteiger partial charge in [0.25, 0.3) is 11.6 Å². The number of nitrogens with zero attached hydrogens (tertiary/aromatic N) is 5. The van der Waals surface area contributed by atoms with Gasteiger partial charge in [-0.1, -0.05) is 5.16 Å². The number of carbonyl (C=O) groups is 2. The largest absolute Gasteiger partial charge is 0.342 e. The first kappa shape index (κ1) is 22.8. The van der Waals surface area contributed by atoms with E-state index in [1.165, 1.54) is 12.1 Å². The van der Waals surface area contributed by atoms with Crippen LogP contribution in [0, 0.1) is 12.7 Å². The van der Waals surface area contributed by atoms with Crippen LogP contribution >= 0.6 is 0 Å². The van der Waals surface area contributed by atoms with Gasteiger partial charge in [0, 0.05) is 44.8 Å². The molecule has 0 aliphatic carbocycles. The Morgan fingerprint density at radius 1 is 1.09 bits per heavy atom. The van der Waals surface area contributed by atoms with Crippen LogP contribution in [0.4, 0.5) is 4.39 Å². The van der Waals surface area contributed by atoms with Crippen LogP contribution in [0.3, 0.4) is 0 Å². The molecular weight excluding hydrogens is 425 g/mol. The highest BCUT2D eigenvalue weighted by Crippen LogP contribution is 2.28. The summed E-state index contributed by atoms with van der Waals surface area (Å²) in [5.74, 6) is -0.365. The van der Waals surface area contributed by atoms with Gasteiger partial charge in [-0.3, -0.25) is 14.5 Å². The van der Waals surface area contributed by atoms with Gasteiger partial charge in [0.1, 0.15) is 5.82 Å². The zero-order valence-corrected chi connectivity index (χ0v) is 19.2. The molecule has 3 heterocycles. The Morgan fingerprint density at radius 2 is 1.76 bits per heavy atom. The van der Waals surface area contributed by atoms with Crippen molar-refractivity contribution in [1.29, 1.82) is 0 Å². The molecule has 3 aromatic rings. The van der Waals surface area contributed by atoms with Gasteiger partial charge < -0.3 is 14.3 Å². The summed E-state index contributed by atoms with van der Waals surface area (Å²) in [5.41, 5.74) is 2.54. The minimum atomic E-state index is -0.344. The maximum absolute atomic E-state index is 13.5. The number of benzene rings is 1. The molecule has 8 nitrogen and oxygen atoms in total. The minimum Gasteiger partial charge on any atom is -0.342 e. The number of hydrogen-bond acceptors (Lipinski definition) is 6. The lowest BCUT2D eigenvalue weighted by molar-refractivity contribution is -0.132. The van der Waals surface area contributed by atoms with Crippen molar-refractivity contribution in [3.8, 4) is 11.3 Å².